The molecule has 1 aromatic rings. The van der Waals surface area contributed by atoms with Crippen LogP contribution < -0.4 is 10.6 Å². The standard InChI is InChI=1S/C13H23N5O/c1-4-10-7-5-6-8-18(10)13-11(12(14)16-19)9(2)15-17(13)3/h10,19H,4-8H2,1-3H3,(H2,14,16). The lowest BCUT2D eigenvalue weighted by atomic mass is 9.99. The van der Waals surface area contributed by atoms with Gasteiger partial charge in [-0.3, -0.25) is 4.68 Å². The number of aryl methyl sites for hydroxylation is 2. The minimum absolute atomic E-state index is 0.140. The molecular formula is C13H23N5O. The second-order valence-electron chi connectivity index (χ2n) is 5.14. The molecule has 0 radical (unpaired) electrons. The lowest BCUT2D eigenvalue weighted by Crippen LogP contribution is -2.41. The van der Waals surface area contributed by atoms with Crippen molar-refractivity contribution in [2.45, 2.75) is 45.6 Å². The third kappa shape index (κ3) is 2.39. The molecule has 0 bridgehead atoms. The topological polar surface area (TPSA) is 79.7 Å². The predicted octanol–water partition coefficient (Wildman–Crippen LogP) is 1.59. The molecule has 1 fully saturated rings. The van der Waals surface area contributed by atoms with E-state index >= 15 is 0 Å². The van der Waals surface area contributed by atoms with E-state index in [0.717, 1.165) is 30.0 Å². The number of aromatic nitrogens is 2. The van der Waals surface area contributed by atoms with Crippen LogP contribution in [0.15, 0.2) is 5.16 Å². The Kier molecular flexibility index (Phi) is 3.97. The SMILES string of the molecule is CCC1CCCCN1c1c(/C(N)=N/O)c(C)nn1C. The number of nitrogens with zero attached hydrogens (tertiary/aromatic N) is 4. The Labute approximate surface area is 113 Å². The van der Waals surface area contributed by atoms with Crippen molar-refractivity contribution < 1.29 is 5.21 Å². The largest absolute Gasteiger partial charge is 0.409 e. The van der Waals surface area contributed by atoms with Crippen molar-refractivity contribution in [1.29, 1.82) is 0 Å². The monoisotopic (exact) mass is 265 g/mol. The van der Waals surface area contributed by atoms with Gasteiger partial charge in [0.25, 0.3) is 0 Å². The molecule has 1 atom stereocenters. The minimum atomic E-state index is 0.140. The molecule has 1 aliphatic heterocycles. The number of oxime groups is 1. The summed E-state index contributed by atoms with van der Waals surface area (Å²) in [6.07, 6.45) is 4.73. The summed E-state index contributed by atoms with van der Waals surface area (Å²) in [5, 5.41) is 16.6. The van der Waals surface area contributed by atoms with Gasteiger partial charge in [-0.25, -0.2) is 0 Å². The minimum Gasteiger partial charge on any atom is -0.409 e. The number of nitrogens with two attached hydrogens (primary N) is 1. The summed E-state index contributed by atoms with van der Waals surface area (Å²) in [6, 6.07) is 0.508. The Morgan fingerprint density at radius 1 is 1.53 bits per heavy atom. The van der Waals surface area contributed by atoms with Crippen LogP contribution in [-0.2, 0) is 7.05 Å². The fourth-order valence-corrected chi connectivity index (χ4v) is 3.03. The van der Waals surface area contributed by atoms with E-state index in [0.29, 0.717) is 6.04 Å². The van der Waals surface area contributed by atoms with E-state index in [9.17, 15) is 0 Å². The second kappa shape index (κ2) is 5.50. The molecule has 6 nitrogen and oxygen atoms in total. The van der Waals surface area contributed by atoms with Crippen molar-refractivity contribution >= 4 is 11.7 Å². The molecule has 2 heterocycles. The van der Waals surface area contributed by atoms with E-state index < -0.39 is 0 Å². The molecule has 3 N–H and O–H groups in total. The van der Waals surface area contributed by atoms with E-state index in [-0.39, 0.29) is 5.84 Å². The highest BCUT2D eigenvalue weighted by Gasteiger charge is 2.28. The number of rotatable bonds is 3. The maximum Gasteiger partial charge on any atom is 0.175 e. The Morgan fingerprint density at radius 3 is 2.89 bits per heavy atom. The molecule has 6 heteroatoms. The number of anilines is 1. The van der Waals surface area contributed by atoms with E-state index in [4.69, 9.17) is 10.9 Å². The summed E-state index contributed by atoms with van der Waals surface area (Å²) in [4.78, 5) is 2.36. The van der Waals surface area contributed by atoms with Crippen molar-refractivity contribution in [2.75, 3.05) is 11.4 Å². The van der Waals surface area contributed by atoms with Gasteiger partial charge in [0, 0.05) is 19.6 Å². The molecule has 0 saturated carbocycles. The average Bonchev–Trinajstić information content (AvgIpc) is 2.72. The summed E-state index contributed by atoms with van der Waals surface area (Å²) in [5.74, 6) is 1.11. The van der Waals surface area contributed by atoms with Crippen LogP contribution in [0.2, 0.25) is 0 Å². The first-order chi connectivity index (χ1) is 9.10. The number of amidine groups is 1. The Bertz CT molecular complexity index is 480. The third-order valence-electron chi connectivity index (χ3n) is 3.93. The van der Waals surface area contributed by atoms with E-state index in [1.54, 1.807) is 0 Å². The molecule has 106 valence electrons. The van der Waals surface area contributed by atoms with E-state index in [1.165, 1.54) is 19.3 Å². The van der Waals surface area contributed by atoms with Crippen LogP contribution in [0, 0.1) is 6.92 Å². The normalized spacial score (nSPS) is 20.9. The van der Waals surface area contributed by atoms with Gasteiger partial charge >= 0.3 is 0 Å². The zero-order valence-electron chi connectivity index (χ0n) is 11.9. The van der Waals surface area contributed by atoms with Gasteiger partial charge in [-0.1, -0.05) is 12.1 Å². The zero-order valence-corrected chi connectivity index (χ0v) is 11.9. The van der Waals surface area contributed by atoms with Crippen LogP contribution in [0.4, 0.5) is 5.82 Å². The molecule has 0 aliphatic carbocycles. The number of piperidine rings is 1. The van der Waals surface area contributed by atoms with Gasteiger partial charge in [0.15, 0.2) is 5.84 Å². The maximum absolute atomic E-state index is 8.98. The first-order valence-corrected chi connectivity index (χ1v) is 6.88. The van der Waals surface area contributed by atoms with Crippen LogP contribution in [-0.4, -0.2) is 33.4 Å². The molecule has 2 rings (SSSR count). The first-order valence-electron chi connectivity index (χ1n) is 6.88. The van der Waals surface area contributed by atoms with Crippen molar-refractivity contribution in [2.24, 2.45) is 17.9 Å². The third-order valence-corrected chi connectivity index (χ3v) is 3.93. The van der Waals surface area contributed by atoms with E-state index in [2.05, 4.69) is 22.1 Å². The lowest BCUT2D eigenvalue weighted by Gasteiger charge is -2.37. The van der Waals surface area contributed by atoms with Crippen molar-refractivity contribution in [3.05, 3.63) is 11.3 Å². The van der Waals surface area contributed by atoms with Crippen molar-refractivity contribution in [1.82, 2.24) is 9.78 Å². The van der Waals surface area contributed by atoms with Crippen molar-refractivity contribution in [3.63, 3.8) is 0 Å². The molecule has 0 amide bonds. The summed E-state index contributed by atoms with van der Waals surface area (Å²) in [7, 11) is 1.91. The van der Waals surface area contributed by atoms with Crippen LogP contribution in [0.25, 0.3) is 0 Å². The summed E-state index contributed by atoms with van der Waals surface area (Å²) in [5.41, 5.74) is 7.38. The summed E-state index contributed by atoms with van der Waals surface area (Å²) in [6.45, 7) is 5.10. The highest BCUT2D eigenvalue weighted by atomic mass is 16.4. The molecular weight excluding hydrogens is 242 g/mol. The fraction of sp³-hybridized carbons (Fsp3) is 0.692. The highest BCUT2D eigenvalue weighted by Crippen LogP contribution is 2.30. The van der Waals surface area contributed by atoms with Gasteiger partial charge in [-0.15, -0.1) is 0 Å². The summed E-state index contributed by atoms with van der Waals surface area (Å²) >= 11 is 0. The fourth-order valence-electron chi connectivity index (χ4n) is 3.03. The Hall–Kier alpha value is -1.72. The van der Waals surface area contributed by atoms with Crippen LogP contribution >= 0.6 is 0 Å². The van der Waals surface area contributed by atoms with Gasteiger partial charge in [0.2, 0.25) is 0 Å². The Morgan fingerprint density at radius 2 is 2.26 bits per heavy atom. The Balaban J connectivity index is 2.48. The molecule has 0 aromatic carbocycles. The number of hydrogen-bond acceptors (Lipinski definition) is 4. The van der Waals surface area contributed by atoms with E-state index in [1.807, 2.05) is 18.7 Å². The van der Waals surface area contributed by atoms with Gasteiger partial charge < -0.3 is 15.8 Å². The molecule has 1 aromatic heterocycles. The number of hydrogen-bond donors (Lipinski definition) is 2. The van der Waals surface area contributed by atoms with Crippen LogP contribution in [0.5, 0.6) is 0 Å². The molecule has 0 spiro atoms. The molecule has 19 heavy (non-hydrogen) atoms. The zero-order chi connectivity index (χ0) is 14.0. The van der Waals surface area contributed by atoms with Gasteiger partial charge in [-0.05, 0) is 32.6 Å². The predicted molar refractivity (Wildman–Crippen MR) is 75.7 cm³/mol. The first kappa shape index (κ1) is 13.7. The highest BCUT2D eigenvalue weighted by molar-refractivity contribution is 6.02. The van der Waals surface area contributed by atoms with Crippen LogP contribution in [0.3, 0.4) is 0 Å². The average molecular weight is 265 g/mol. The molecule has 1 aliphatic rings. The second-order valence-corrected chi connectivity index (χ2v) is 5.14. The smallest absolute Gasteiger partial charge is 0.175 e. The van der Waals surface area contributed by atoms with Gasteiger partial charge in [0.05, 0.1) is 11.3 Å². The molecule has 1 unspecified atom stereocenters. The lowest BCUT2D eigenvalue weighted by molar-refractivity contribution is 0.318. The summed E-state index contributed by atoms with van der Waals surface area (Å²) < 4.78 is 1.84. The maximum atomic E-state index is 8.98. The quantitative estimate of drug-likeness (QED) is 0.376. The molecule has 1 saturated heterocycles. The van der Waals surface area contributed by atoms with Gasteiger partial charge in [-0.2, -0.15) is 5.10 Å². The van der Waals surface area contributed by atoms with Crippen molar-refractivity contribution in [3.8, 4) is 0 Å². The van der Waals surface area contributed by atoms with Crippen LogP contribution in [0.1, 0.15) is 43.9 Å². The van der Waals surface area contributed by atoms with Gasteiger partial charge in [0.1, 0.15) is 5.82 Å².